The summed E-state index contributed by atoms with van der Waals surface area (Å²) in [7, 11) is 2.20. The maximum atomic E-state index is 2.43. The van der Waals surface area contributed by atoms with Gasteiger partial charge in [0.15, 0.2) is 0 Å². The van der Waals surface area contributed by atoms with E-state index in [1.807, 2.05) is 0 Å². The molecule has 1 fully saturated rings. The Balaban J connectivity index is 1.96. The molecule has 0 radical (unpaired) electrons. The Morgan fingerprint density at radius 1 is 1.27 bits per heavy atom. The van der Waals surface area contributed by atoms with E-state index in [-0.39, 0.29) is 0 Å². The first-order chi connectivity index (χ1) is 5.34. The van der Waals surface area contributed by atoms with Gasteiger partial charge in [0.2, 0.25) is 0 Å². The third-order valence-corrected chi connectivity index (χ3v) is 2.40. The summed E-state index contributed by atoms with van der Waals surface area (Å²) in [6, 6.07) is 0. The van der Waals surface area contributed by atoms with E-state index in [0.29, 0.717) is 0 Å². The van der Waals surface area contributed by atoms with Crippen LogP contribution in [0, 0.1) is 0 Å². The molecule has 0 saturated carbocycles. The summed E-state index contributed by atoms with van der Waals surface area (Å²) in [6.45, 7) is 6.06. The van der Waals surface area contributed by atoms with Crippen LogP contribution in [0.4, 0.5) is 0 Å². The van der Waals surface area contributed by atoms with E-state index in [1.165, 1.54) is 45.3 Å². The molecular weight excluding hydrogens is 136 g/mol. The smallest absolute Gasteiger partial charge is 0.0146 e. The van der Waals surface area contributed by atoms with Crippen LogP contribution in [0.3, 0.4) is 0 Å². The molecule has 0 aromatic heterocycles. The molecule has 0 N–H and O–H groups in total. The fraction of sp³-hybridized carbons (Fsp3) is 1.00. The van der Waals surface area contributed by atoms with Gasteiger partial charge in [0, 0.05) is 26.7 Å². The van der Waals surface area contributed by atoms with Crippen molar-refractivity contribution in [3.8, 4) is 0 Å². The average Bonchev–Trinajstić information content (AvgIpc) is 1.84. The van der Waals surface area contributed by atoms with Crippen LogP contribution in [0.1, 0.15) is 32.6 Å². The molecule has 0 unspecified atom stereocenters. The van der Waals surface area contributed by atoms with Gasteiger partial charge in [-0.2, -0.15) is 0 Å². The number of hydrazine groups is 1. The molecule has 2 heteroatoms. The Labute approximate surface area is 70.1 Å². The number of hydrogen-bond acceptors (Lipinski definition) is 2. The quantitative estimate of drug-likeness (QED) is 0.559. The van der Waals surface area contributed by atoms with Crippen molar-refractivity contribution in [3.05, 3.63) is 0 Å². The fourth-order valence-electron chi connectivity index (χ4n) is 1.37. The summed E-state index contributed by atoms with van der Waals surface area (Å²) in [6.07, 6.45) is 5.44. The maximum Gasteiger partial charge on any atom is 0.0146 e. The first-order valence-corrected chi connectivity index (χ1v) is 4.80. The van der Waals surface area contributed by atoms with E-state index in [2.05, 4.69) is 24.0 Å². The van der Waals surface area contributed by atoms with Gasteiger partial charge in [0.1, 0.15) is 0 Å². The lowest BCUT2D eigenvalue weighted by Crippen LogP contribution is -2.48. The van der Waals surface area contributed by atoms with Crippen molar-refractivity contribution in [2.45, 2.75) is 32.6 Å². The van der Waals surface area contributed by atoms with Crippen molar-refractivity contribution in [2.75, 3.05) is 26.7 Å². The van der Waals surface area contributed by atoms with Gasteiger partial charge in [-0.3, -0.25) is 0 Å². The minimum absolute atomic E-state index is 1.24. The first kappa shape index (κ1) is 9.01. The summed E-state index contributed by atoms with van der Waals surface area (Å²) >= 11 is 0. The van der Waals surface area contributed by atoms with Crippen LogP contribution in [0.2, 0.25) is 0 Å². The monoisotopic (exact) mass is 156 g/mol. The second-order valence-corrected chi connectivity index (χ2v) is 3.40. The second kappa shape index (κ2) is 4.73. The summed E-state index contributed by atoms with van der Waals surface area (Å²) in [5.41, 5.74) is 0. The van der Waals surface area contributed by atoms with Crippen LogP contribution in [-0.4, -0.2) is 36.7 Å². The Hall–Kier alpha value is -0.0800. The summed E-state index contributed by atoms with van der Waals surface area (Å²) in [4.78, 5) is 0. The van der Waals surface area contributed by atoms with E-state index in [0.717, 1.165) is 0 Å². The third-order valence-electron chi connectivity index (χ3n) is 2.40. The normalized spacial score (nSPS) is 18.8. The fourth-order valence-corrected chi connectivity index (χ4v) is 1.37. The standard InChI is InChI=1S/C9H20N2/c1-3-4-5-7-10(2)11-8-6-9-11/h3-9H2,1-2H3. The van der Waals surface area contributed by atoms with Crippen LogP contribution in [-0.2, 0) is 0 Å². The molecule has 0 aliphatic carbocycles. The zero-order chi connectivity index (χ0) is 8.10. The molecule has 2 nitrogen and oxygen atoms in total. The van der Waals surface area contributed by atoms with Gasteiger partial charge in [-0.15, -0.1) is 0 Å². The zero-order valence-corrected chi connectivity index (χ0v) is 7.84. The van der Waals surface area contributed by atoms with Crippen molar-refractivity contribution in [1.82, 2.24) is 10.0 Å². The Morgan fingerprint density at radius 2 is 2.00 bits per heavy atom. The Morgan fingerprint density at radius 3 is 2.45 bits per heavy atom. The lowest BCUT2D eigenvalue weighted by molar-refractivity contribution is -0.0522. The molecule has 0 atom stereocenters. The number of hydrogen-bond donors (Lipinski definition) is 0. The highest BCUT2D eigenvalue weighted by Gasteiger charge is 2.17. The maximum absolute atomic E-state index is 2.43. The van der Waals surface area contributed by atoms with Crippen molar-refractivity contribution in [3.63, 3.8) is 0 Å². The molecule has 1 rings (SSSR count). The predicted octanol–water partition coefficient (Wildman–Crippen LogP) is 1.73. The molecule has 0 bridgehead atoms. The molecule has 0 aromatic carbocycles. The van der Waals surface area contributed by atoms with Gasteiger partial charge in [-0.1, -0.05) is 19.8 Å². The van der Waals surface area contributed by atoms with Gasteiger partial charge < -0.3 is 0 Å². The van der Waals surface area contributed by atoms with E-state index in [4.69, 9.17) is 0 Å². The highest BCUT2D eigenvalue weighted by atomic mass is 15.6. The van der Waals surface area contributed by atoms with Crippen molar-refractivity contribution in [2.24, 2.45) is 0 Å². The molecule has 1 aliphatic heterocycles. The average molecular weight is 156 g/mol. The van der Waals surface area contributed by atoms with Crippen molar-refractivity contribution in [1.29, 1.82) is 0 Å². The Bertz CT molecular complexity index is 99.7. The largest absolute Gasteiger partial charge is 0.245 e. The van der Waals surface area contributed by atoms with Crippen LogP contribution in [0.25, 0.3) is 0 Å². The van der Waals surface area contributed by atoms with Gasteiger partial charge >= 0.3 is 0 Å². The molecule has 1 aliphatic rings. The molecule has 0 aromatic rings. The van der Waals surface area contributed by atoms with E-state index in [1.54, 1.807) is 0 Å². The minimum atomic E-state index is 1.24. The summed E-state index contributed by atoms with van der Waals surface area (Å²) in [5, 5.41) is 4.80. The van der Waals surface area contributed by atoms with Crippen LogP contribution in [0.15, 0.2) is 0 Å². The lowest BCUT2D eigenvalue weighted by atomic mass is 10.2. The second-order valence-electron chi connectivity index (χ2n) is 3.40. The van der Waals surface area contributed by atoms with Crippen LogP contribution < -0.4 is 0 Å². The predicted molar refractivity (Wildman–Crippen MR) is 48.3 cm³/mol. The minimum Gasteiger partial charge on any atom is -0.245 e. The van der Waals surface area contributed by atoms with Gasteiger partial charge in [-0.25, -0.2) is 10.0 Å². The number of unbranched alkanes of at least 4 members (excludes halogenated alkanes) is 2. The molecule has 0 spiro atoms. The third kappa shape index (κ3) is 2.80. The van der Waals surface area contributed by atoms with E-state index >= 15 is 0 Å². The zero-order valence-electron chi connectivity index (χ0n) is 7.84. The Kier molecular flexibility index (Phi) is 3.87. The van der Waals surface area contributed by atoms with Crippen molar-refractivity contribution < 1.29 is 0 Å². The van der Waals surface area contributed by atoms with Crippen LogP contribution >= 0.6 is 0 Å². The summed E-state index contributed by atoms with van der Waals surface area (Å²) in [5.74, 6) is 0. The number of rotatable bonds is 5. The lowest BCUT2D eigenvalue weighted by Gasteiger charge is -2.38. The topological polar surface area (TPSA) is 6.48 Å². The molecule has 11 heavy (non-hydrogen) atoms. The van der Waals surface area contributed by atoms with Crippen LogP contribution in [0.5, 0.6) is 0 Å². The molecule has 1 saturated heterocycles. The molecule has 66 valence electrons. The van der Waals surface area contributed by atoms with E-state index in [9.17, 15) is 0 Å². The molecular formula is C9H20N2. The summed E-state index contributed by atoms with van der Waals surface area (Å²) < 4.78 is 0. The first-order valence-electron chi connectivity index (χ1n) is 4.80. The molecule has 1 heterocycles. The van der Waals surface area contributed by atoms with Crippen molar-refractivity contribution >= 4 is 0 Å². The number of nitrogens with zero attached hydrogens (tertiary/aromatic N) is 2. The molecule has 0 amide bonds. The highest BCUT2D eigenvalue weighted by Crippen LogP contribution is 2.09. The van der Waals surface area contributed by atoms with E-state index < -0.39 is 0 Å². The highest BCUT2D eigenvalue weighted by molar-refractivity contribution is 4.64. The van der Waals surface area contributed by atoms with Gasteiger partial charge in [0.25, 0.3) is 0 Å². The SMILES string of the molecule is CCCCCN(C)N1CCC1. The van der Waals surface area contributed by atoms with Gasteiger partial charge in [-0.05, 0) is 12.8 Å². The van der Waals surface area contributed by atoms with Gasteiger partial charge in [0.05, 0.1) is 0 Å².